The lowest BCUT2D eigenvalue weighted by atomic mass is 10.1. The Bertz CT molecular complexity index is 740. The third-order valence-corrected chi connectivity index (χ3v) is 5.16. The lowest BCUT2D eigenvalue weighted by Crippen LogP contribution is -2.33. The first-order valence-corrected chi connectivity index (χ1v) is 9.28. The van der Waals surface area contributed by atoms with Gasteiger partial charge in [-0.15, -0.1) is 0 Å². The standard InChI is InChI=1S/C22H28N2O2/c1-15-5-9-19(10-6-15)17(3)23-13-21-14-24(22(25)26-21)18(4)20-11-7-16(2)8-12-20/h5-12,17-18,21,23H,13-14H2,1-4H3/t17-,18-,21+/m0/s1. The van der Waals surface area contributed by atoms with E-state index in [-0.39, 0.29) is 24.3 Å². The van der Waals surface area contributed by atoms with Crippen LogP contribution in [0.15, 0.2) is 48.5 Å². The van der Waals surface area contributed by atoms with Gasteiger partial charge in [0.2, 0.25) is 0 Å². The van der Waals surface area contributed by atoms with Crippen molar-refractivity contribution in [1.82, 2.24) is 10.2 Å². The SMILES string of the molecule is Cc1ccc([C@H](C)NC[C@@H]2CN([C@@H](C)c3ccc(C)cc3)C(=O)O2)cc1. The van der Waals surface area contributed by atoms with Gasteiger partial charge in [0.05, 0.1) is 12.6 Å². The Morgan fingerprint density at radius 3 is 2.12 bits per heavy atom. The van der Waals surface area contributed by atoms with Crippen molar-refractivity contribution in [3.63, 3.8) is 0 Å². The second-order valence-electron chi connectivity index (χ2n) is 7.29. The van der Waals surface area contributed by atoms with Crippen molar-refractivity contribution in [2.45, 2.75) is 45.9 Å². The maximum atomic E-state index is 12.3. The number of nitrogens with zero attached hydrogens (tertiary/aromatic N) is 1. The number of aryl methyl sites for hydroxylation is 2. The average Bonchev–Trinajstić information content (AvgIpc) is 3.01. The van der Waals surface area contributed by atoms with Gasteiger partial charge >= 0.3 is 6.09 Å². The van der Waals surface area contributed by atoms with Gasteiger partial charge in [-0.1, -0.05) is 59.7 Å². The molecule has 1 amide bonds. The maximum Gasteiger partial charge on any atom is 0.410 e. The summed E-state index contributed by atoms with van der Waals surface area (Å²) in [4.78, 5) is 14.1. The normalized spacial score (nSPS) is 19.3. The molecule has 4 heteroatoms. The molecule has 1 aliphatic heterocycles. The van der Waals surface area contributed by atoms with Crippen molar-refractivity contribution in [3.05, 3.63) is 70.8 Å². The van der Waals surface area contributed by atoms with Gasteiger partial charge in [0.1, 0.15) is 6.10 Å². The van der Waals surface area contributed by atoms with Crippen molar-refractivity contribution >= 4 is 6.09 Å². The Morgan fingerprint density at radius 2 is 1.54 bits per heavy atom. The fourth-order valence-electron chi connectivity index (χ4n) is 3.27. The van der Waals surface area contributed by atoms with Crippen LogP contribution in [0.2, 0.25) is 0 Å². The smallest absolute Gasteiger partial charge is 0.410 e. The summed E-state index contributed by atoms with van der Waals surface area (Å²) in [6.45, 7) is 9.60. The fourth-order valence-corrected chi connectivity index (χ4v) is 3.27. The zero-order valence-electron chi connectivity index (χ0n) is 16.0. The summed E-state index contributed by atoms with van der Waals surface area (Å²) in [5.41, 5.74) is 4.85. The summed E-state index contributed by atoms with van der Waals surface area (Å²) in [6.07, 6.45) is -0.351. The Labute approximate surface area is 156 Å². The van der Waals surface area contributed by atoms with E-state index in [0.29, 0.717) is 13.1 Å². The topological polar surface area (TPSA) is 41.6 Å². The van der Waals surface area contributed by atoms with E-state index in [1.165, 1.54) is 16.7 Å². The van der Waals surface area contributed by atoms with Crippen molar-refractivity contribution in [3.8, 4) is 0 Å². The summed E-state index contributed by atoms with van der Waals surface area (Å²) in [6, 6.07) is 17.1. The molecule has 4 nitrogen and oxygen atoms in total. The zero-order chi connectivity index (χ0) is 18.7. The molecule has 1 fully saturated rings. The molecule has 1 aliphatic rings. The van der Waals surface area contributed by atoms with Crippen LogP contribution < -0.4 is 5.32 Å². The highest BCUT2D eigenvalue weighted by atomic mass is 16.6. The molecule has 0 radical (unpaired) electrons. The van der Waals surface area contributed by atoms with Gasteiger partial charge < -0.3 is 10.1 Å². The number of carbonyl (C=O) groups is 1. The number of benzene rings is 2. The third kappa shape index (κ3) is 4.25. The van der Waals surface area contributed by atoms with Crippen LogP contribution in [0.1, 0.15) is 48.2 Å². The van der Waals surface area contributed by atoms with Crippen LogP contribution in [0.5, 0.6) is 0 Å². The fraction of sp³-hybridized carbons (Fsp3) is 0.409. The molecule has 1 N–H and O–H groups in total. The van der Waals surface area contributed by atoms with Crippen LogP contribution in [0.3, 0.4) is 0 Å². The molecule has 0 spiro atoms. The first-order chi connectivity index (χ1) is 12.4. The summed E-state index contributed by atoms with van der Waals surface area (Å²) in [7, 11) is 0. The highest BCUT2D eigenvalue weighted by Crippen LogP contribution is 2.26. The maximum absolute atomic E-state index is 12.3. The number of hydrogen-bond acceptors (Lipinski definition) is 3. The van der Waals surface area contributed by atoms with Crippen LogP contribution in [-0.4, -0.2) is 30.2 Å². The van der Waals surface area contributed by atoms with Gasteiger partial charge in [0, 0.05) is 12.6 Å². The minimum Gasteiger partial charge on any atom is -0.443 e. The van der Waals surface area contributed by atoms with Crippen molar-refractivity contribution in [2.24, 2.45) is 0 Å². The molecule has 2 aromatic carbocycles. The highest BCUT2D eigenvalue weighted by Gasteiger charge is 2.34. The molecule has 0 saturated carbocycles. The Hall–Kier alpha value is -2.33. The monoisotopic (exact) mass is 352 g/mol. The van der Waals surface area contributed by atoms with E-state index in [4.69, 9.17) is 4.74 Å². The summed E-state index contributed by atoms with van der Waals surface area (Å²) < 4.78 is 5.57. The number of amides is 1. The number of cyclic esters (lactones) is 1. The van der Waals surface area contributed by atoms with Crippen LogP contribution in [0, 0.1) is 13.8 Å². The van der Waals surface area contributed by atoms with Crippen LogP contribution in [0.4, 0.5) is 4.79 Å². The summed E-state index contributed by atoms with van der Waals surface area (Å²) in [5, 5.41) is 3.48. The number of rotatable bonds is 6. The molecule has 3 rings (SSSR count). The van der Waals surface area contributed by atoms with E-state index in [0.717, 1.165) is 5.56 Å². The van der Waals surface area contributed by atoms with Gasteiger partial charge in [-0.3, -0.25) is 4.90 Å². The summed E-state index contributed by atoms with van der Waals surface area (Å²) in [5.74, 6) is 0. The Kier molecular flexibility index (Phi) is 5.62. The van der Waals surface area contributed by atoms with Crippen LogP contribution in [0.25, 0.3) is 0 Å². The highest BCUT2D eigenvalue weighted by molar-refractivity contribution is 5.70. The third-order valence-electron chi connectivity index (χ3n) is 5.16. The van der Waals surface area contributed by atoms with Crippen molar-refractivity contribution in [2.75, 3.05) is 13.1 Å². The lowest BCUT2D eigenvalue weighted by Gasteiger charge is -2.22. The molecule has 2 aromatic rings. The predicted octanol–water partition coefficient (Wildman–Crippen LogP) is 4.54. The minimum absolute atomic E-state index is 0.0163. The van der Waals surface area contributed by atoms with Crippen molar-refractivity contribution in [1.29, 1.82) is 0 Å². The average molecular weight is 352 g/mol. The molecule has 0 unspecified atom stereocenters. The first-order valence-electron chi connectivity index (χ1n) is 9.28. The van der Waals surface area contributed by atoms with Crippen LogP contribution in [-0.2, 0) is 4.74 Å². The second-order valence-corrected chi connectivity index (χ2v) is 7.29. The first kappa shape index (κ1) is 18.5. The molecule has 3 atom stereocenters. The van der Waals surface area contributed by atoms with E-state index in [1.807, 2.05) is 4.90 Å². The van der Waals surface area contributed by atoms with Gasteiger partial charge in [0.15, 0.2) is 0 Å². The largest absolute Gasteiger partial charge is 0.443 e. The number of hydrogen-bond donors (Lipinski definition) is 1. The number of carbonyl (C=O) groups excluding carboxylic acids is 1. The Morgan fingerprint density at radius 1 is 1.00 bits per heavy atom. The molecule has 0 aromatic heterocycles. The van der Waals surface area contributed by atoms with E-state index >= 15 is 0 Å². The summed E-state index contributed by atoms with van der Waals surface area (Å²) >= 11 is 0. The molecule has 1 saturated heterocycles. The minimum atomic E-state index is -0.229. The second kappa shape index (κ2) is 7.92. The van der Waals surface area contributed by atoms with Gasteiger partial charge in [-0.2, -0.15) is 0 Å². The van der Waals surface area contributed by atoms with E-state index < -0.39 is 0 Å². The van der Waals surface area contributed by atoms with E-state index in [2.05, 4.69) is 81.5 Å². The predicted molar refractivity (Wildman–Crippen MR) is 104 cm³/mol. The number of ether oxygens (including phenoxy) is 1. The zero-order valence-corrected chi connectivity index (χ0v) is 16.0. The van der Waals surface area contributed by atoms with E-state index in [9.17, 15) is 4.79 Å². The molecular formula is C22H28N2O2. The molecule has 138 valence electrons. The van der Waals surface area contributed by atoms with Gasteiger partial charge in [-0.05, 0) is 38.8 Å². The lowest BCUT2D eigenvalue weighted by molar-refractivity contribution is 0.127. The van der Waals surface area contributed by atoms with E-state index in [1.54, 1.807) is 0 Å². The molecule has 26 heavy (non-hydrogen) atoms. The molecule has 0 bridgehead atoms. The molecule has 1 heterocycles. The Balaban J connectivity index is 1.55. The van der Waals surface area contributed by atoms with Crippen LogP contribution >= 0.6 is 0 Å². The quantitative estimate of drug-likeness (QED) is 0.830. The molecule has 0 aliphatic carbocycles. The molecular weight excluding hydrogens is 324 g/mol. The van der Waals surface area contributed by atoms with Crippen molar-refractivity contribution < 1.29 is 9.53 Å². The van der Waals surface area contributed by atoms with Gasteiger partial charge in [-0.25, -0.2) is 4.79 Å². The van der Waals surface area contributed by atoms with Gasteiger partial charge in [0.25, 0.3) is 0 Å². The number of nitrogens with one attached hydrogen (secondary N) is 1.